The van der Waals surface area contributed by atoms with Gasteiger partial charge in [-0.1, -0.05) is 23.7 Å². The van der Waals surface area contributed by atoms with Crippen LogP contribution >= 0.6 is 11.6 Å². The van der Waals surface area contributed by atoms with Gasteiger partial charge in [-0.05, 0) is 24.6 Å². The second kappa shape index (κ2) is 5.97. The van der Waals surface area contributed by atoms with Crippen molar-refractivity contribution in [3.05, 3.63) is 35.0 Å². The summed E-state index contributed by atoms with van der Waals surface area (Å²) in [6, 6.07) is 6.50. The second-order valence-corrected chi connectivity index (χ2v) is 6.42. The normalized spacial score (nSPS) is 11.6. The number of sulfonamides is 1. The zero-order valence-electron chi connectivity index (χ0n) is 11.4. The van der Waals surface area contributed by atoms with Gasteiger partial charge in [0.25, 0.3) is 0 Å². The lowest BCUT2D eigenvalue weighted by molar-refractivity contribution is -0.139. The summed E-state index contributed by atoms with van der Waals surface area (Å²) in [5.41, 5.74) is 1.01. The molecule has 0 unspecified atom stereocenters. The van der Waals surface area contributed by atoms with E-state index >= 15 is 0 Å². The average Bonchev–Trinajstić information content (AvgIpc) is 2.45. The molecule has 1 N–H and O–H groups in total. The SMILES string of the molecule is COC(=O)CNS(=O)(=O)c1cccc2cc(C)c(Cl)nc12. The summed E-state index contributed by atoms with van der Waals surface area (Å²) in [5.74, 6) is -0.680. The molecule has 1 aromatic heterocycles. The first kappa shape index (κ1) is 15.7. The number of para-hydroxylation sites is 1. The van der Waals surface area contributed by atoms with E-state index in [-0.39, 0.29) is 15.6 Å². The van der Waals surface area contributed by atoms with Gasteiger partial charge in [-0.25, -0.2) is 13.4 Å². The first-order chi connectivity index (χ1) is 9.85. The van der Waals surface area contributed by atoms with Crippen molar-refractivity contribution >= 4 is 38.5 Å². The number of nitrogens with zero attached hydrogens (tertiary/aromatic N) is 1. The number of methoxy groups -OCH3 is 1. The summed E-state index contributed by atoms with van der Waals surface area (Å²) in [4.78, 5) is 15.1. The van der Waals surface area contributed by atoms with Crippen LogP contribution in [0.25, 0.3) is 10.9 Å². The number of aromatic nitrogens is 1. The maximum absolute atomic E-state index is 12.3. The lowest BCUT2D eigenvalue weighted by Crippen LogP contribution is -2.30. The number of nitrogens with one attached hydrogen (secondary N) is 1. The first-order valence-electron chi connectivity index (χ1n) is 5.97. The van der Waals surface area contributed by atoms with Gasteiger partial charge in [-0.15, -0.1) is 0 Å². The van der Waals surface area contributed by atoms with Gasteiger partial charge >= 0.3 is 5.97 Å². The predicted octanol–water partition coefficient (Wildman–Crippen LogP) is 1.65. The summed E-state index contributed by atoms with van der Waals surface area (Å²) in [7, 11) is -2.71. The summed E-state index contributed by atoms with van der Waals surface area (Å²) in [6.45, 7) is 1.33. The molecule has 0 radical (unpaired) electrons. The summed E-state index contributed by atoms with van der Waals surface area (Å²) < 4.78 is 31.1. The number of halogens is 1. The van der Waals surface area contributed by atoms with E-state index in [2.05, 4.69) is 14.4 Å². The van der Waals surface area contributed by atoms with Crippen molar-refractivity contribution in [3.63, 3.8) is 0 Å². The maximum atomic E-state index is 12.3. The maximum Gasteiger partial charge on any atom is 0.320 e. The van der Waals surface area contributed by atoms with Crippen molar-refractivity contribution in [1.82, 2.24) is 9.71 Å². The van der Waals surface area contributed by atoms with Crippen molar-refractivity contribution in [2.24, 2.45) is 0 Å². The lowest BCUT2D eigenvalue weighted by atomic mass is 10.2. The van der Waals surface area contributed by atoms with Crippen LogP contribution in [0.1, 0.15) is 5.56 Å². The monoisotopic (exact) mass is 328 g/mol. The molecule has 6 nitrogen and oxygen atoms in total. The van der Waals surface area contributed by atoms with E-state index in [0.717, 1.165) is 5.56 Å². The molecule has 0 aliphatic heterocycles. The van der Waals surface area contributed by atoms with E-state index in [1.807, 2.05) is 0 Å². The van der Waals surface area contributed by atoms with Gasteiger partial charge in [0.1, 0.15) is 16.6 Å². The predicted molar refractivity (Wildman–Crippen MR) is 78.7 cm³/mol. The highest BCUT2D eigenvalue weighted by Crippen LogP contribution is 2.25. The van der Waals surface area contributed by atoms with Crippen LogP contribution in [0.2, 0.25) is 5.15 Å². The molecule has 0 saturated carbocycles. The highest BCUT2D eigenvalue weighted by Gasteiger charge is 2.20. The van der Waals surface area contributed by atoms with Gasteiger partial charge in [-0.2, -0.15) is 4.72 Å². The highest BCUT2D eigenvalue weighted by molar-refractivity contribution is 7.89. The molecule has 1 aromatic carbocycles. The molecular formula is C13H13ClN2O4S. The lowest BCUT2D eigenvalue weighted by Gasteiger charge is -2.09. The van der Waals surface area contributed by atoms with Crippen molar-refractivity contribution in [2.45, 2.75) is 11.8 Å². The van der Waals surface area contributed by atoms with Crippen LogP contribution in [0, 0.1) is 6.92 Å². The van der Waals surface area contributed by atoms with E-state index in [0.29, 0.717) is 5.39 Å². The minimum absolute atomic E-state index is 0.0363. The Labute approximate surface area is 127 Å². The van der Waals surface area contributed by atoms with Gasteiger partial charge in [0.05, 0.1) is 12.6 Å². The van der Waals surface area contributed by atoms with Gasteiger partial charge in [0.2, 0.25) is 10.0 Å². The fraction of sp³-hybridized carbons (Fsp3) is 0.231. The highest BCUT2D eigenvalue weighted by atomic mass is 35.5. The number of benzene rings is 1. The zero-order chi connectivity index (χ0) is 15.6. The minimum atomic E-state index is -3.89. The molecule has 0 amide bonds. The van der Waals surface area contributed by atoms with E-state index < -0.39 is 22.5 Å². The van der Waals surface area contributed by atoms with Crippen molar-refractivity contribution in [2.75, 3.05) is 13.7 Å². The number of pyridine rings is 1. The van der Waals surface area contributed by atoms with Crippen LogP contribution in [0.3, 0.4) is 0 Å². The Kier molecular flexibility index (Phi) is 4.46. The quantitative estimate of drug-likeness (QED) is 0.681. The molecule has 0 spiro atoms. The number of esters is 1. The molecule has 0 atom stereocenters. The third-order valence-electron chi connectivity index (χ3n) is 2.86. The number of rotatable bonds is 4. The second-order valence-electron chi connectivity index (χ2n) is 4.32. The Balaban J connectivity index is 2.50. The topological polar surface area (TPSA) is 85.4 Å². The molecule has 0 saturated heterocycles. The largest absolute Gasteiger partial charge is 0.468 e. The smallest absolute Gasteiger partial charge is 0.320 e. The van der Waals surface area contributed by atoms with Crippen LogP contribution in [0.4, 0.5) is 0 Å². The molecule has 21 heavy (non-hydrogen) atoms. The van der Waals surface area contributed by atoms with E-state index in [4.69, 9.17) is 11.6 Å². The first-order valence-corrected chi connectivity index (χ1v) is 7.83. The molecule has 112 valence electrons. The Hall–Kier alpha value is -1.70. The molecule has 2 aromatic rings. The molecule has 1 heterocycles. The molecule has 0 aliphatic carbocycles. The third-order valence-corrected chi connectivity index (χ3v) is 4.68. The molecular weight excluding hydrogens is 316 g/mol. The number of ether oxygens (including phenoxy) is 1. The van der Waals surface area contributed by atoms with Gasteiger partial charge in [0.15, 0.2) is 0 Å². The van der Waals surface area contributed by atoms with E-state index in [1.54, 1.807) is 25.1 Å². The average molecular weight is 329 g/mol. The number of hydrogen-bond donors (Lipinski definition) is 1. The van der Waals surface area contributed by atoms with Crippen LogP contribution < -0.4 is 4.72 Å². The molecule has 0 bridgehead atoms. The Morgan fingerprint density at radius 2 is 2.14 bits per heavy atom. The Bertz CT molecular complexity index is 805. The number of fused-ring (bicyclic) bond motifs is 1. The summed E-state index contributed by atoms with van der Waals surface area (Å²) in [6.07, 6.45) is 0. The molecule has 8 heteroatoms. The van der Waals surface area contributed by atoms with E-state index in [1.165, 1.54) is 13.2 Å². The van der Waals surface area contributed by atoms with Gasteiger partial charge < -0.3 is 4.74 Å². The summed E-state index contributed by atoms with van der Waals surface area (Å²) in [5, 5.41) is 0.885. The third kappa shape index (κ3) is 3.31. The number of aryl methyl sites for hydroxylation is 1. The minimum Gasteiger partial charge on any atom is -0.468 e. The van der Waals surface area contributed by atoms with Gasteiger partial charge in [0, 0.05) is 5.39 Å². The van der Waals surface area contributed by atoms with Crippen LogP contribution in [0.15, 0.2) is 29.2 Å². The number of hydrogen-bond acceptors (Lipinski definition) is 5. The number of carbonyl (C=O) groups is 1. The Morgan fingerprint density at radius 3 is 2.81 bits per heavy atom. The molecule has 0 aliphatic rings. The van der Waals surface area contributed by atoms with Gasteiger partial charge in [-0.3, -0.25) is 4.79 Å². The summed E-state index contributed by atoms with van der Waals surface area (Å²) >= 11 is 5.96. The standard InChI is InChI=1S/C13H13ClN2O4S/c1-8-6-9-4-3-5-10(12(9)16-13(8)14)21(18,19)15-7-11(17)20-2/h3-6,15H,7H2,1-2H3. The van der Waals surface area contributed by atoms with Crippen LogP contribution in [-0.4, -0.2) is 33.0 Å². The molecule has 2 rings (SSSR count). The fourth-order valence-electron chi connectivity index (χ4n) is 1.78. The van der Waals surface area contributed by atoms with Crippen molar-refractivity contribution in [1.29, 1.82) is 0 Å². The van der Waals surface area contributed by atoms with Crippen molar-refractivity contribution < 1.29 is 17.9 Å². The van der Waals surface area contributed by atoms with Crippen LogP contribution in [0.5, 0.6) is 0 Å². The zero-order valence-corrected chi connectivity index (χ0v) is 13.0. The molecule has 0 fully saturated rings. The van der Waals surface area contributed by atoms with Crippen LogP contribution in [-0.2, 0) is 19.6 Å². The van der Waals surface area contributed by atoms with Crippen molar-refractivity contribution in [3.8, 4) is 0 Å². The Morgan fingerprint density at radius 1 is 1.43 bits per heavy atom. The fourth-order valence-corrected chi connectivity index (χ4v) is 3.05. The van der Waals surface area contributed by atoms with E-state index in [9.17, 15) is 13.2 Å². The number of carbonyl (C=O) groups excluding carboxylic acids is 1.